The van der Waals surface area contributed by atoms with Crippen LogP contribution in [0.3, 0.4) is 0 Å². The number of primary amides is 1. The number of ether oxygens (including phenoxy) is 1. The molecule has 26 heavy (non-hydrogen) atoms. The number of fused-ring (bicyclic) bond motifs is 1. The van der Waals surface area contributed by atoms with E-state index in [1.54, 1.807) is 37.6 Å². The SMILES string of the molecule is COc1cccc(N(C(N)=O)c2ccc3c(c2)C(CCC=O)NN=C3)c1. The summed E-state index contributed by atoms with van der Waals surface area (Å²) in [4.78, 5) is 24.3. The van der Waals surface area contributed by atoms with E-state index in [1.807, 2.05) is 18.2 Å². The highest BCUT2D eigenvalue weighted by molar-refractivity contribution is 5.99. The Hall–Kier alpha value is -3.35. The summed E-state index contributed by atoms with van der Waals surface area (Å²) in [6, 6.07) is 12.0. The summed E-state index contributed by atoms with van der Waals surface area (Å²) >= 11 is 0. The highest BCUT2D eigenvalue weighted by atomic mass is 16.5. The number of carbonyl (C=O) groups excluding carboxylic acids is 2. The zero-order valence-corrected chi connectivity index (χ0v) is 14.4. The number of nitrogens with one attached hydrogen (secondary N) is 1. The molecule has 0 aromatic heterocycles. The van der Waals surface area contributed by atoms with E-state index in [2.05, 4.69) is 10.5 Å². The first-order valence-corrected chi connectivity index (χ1v) is 8.24. The van der Waals surface area contributed by atoms with E-state index in [1.165, 1.54) is 4.90 Å². The molecule has 1 unspecified atom stereocenters. The fourth-order valence-corrected chi connectivity index (χ4v) is 2.99. The Morgan fingerprint density at radius 3 is 2.85 bits per heavy atom. The van der Waals surface area contributed by atoms with E-state index in [0.29, 0.717) is 30.0 Å². The molecule has 0 fully saturated rings. The first-order chi connectivity index (χ1) is 12.6. The first-order valence-electron chi connectivity index (χ1n) is 8.24. The van der Waals surface area contributed by atoms with Crippen molar-refractivity contribution in [3.8, 4) is 5.75 Å². The number of hydrogen-bond acceptors (Lipinski definition) is 5. The molecule has 2 amide bonds. The zero-order valence-electron chi connectivity index (χ0n) is 14.4. The molecule has 1 aliphatic heterocycles. The summed E-state index contributed by atoms with van der Waals surface area (Å²) in [6.07, 6.45) is 3.64. The van der Waals surface area contributed by atoms with Crippen LogP contribution in [-0.4, -0.2) is 25.6 Å². The van der Waals surface area contributed by atoms with Crippen LogP contribution in [0.1, 0.15) is 30.0 Å². The van der Waals surface area contributed by atoms with Gasteiger partial charge in [0.1, 0.15) is 12.0 Å². The third kappa shape index (κ3) is 3.51. The third-order valence-corrected chi connectivity index (χ3v) is 4.24. The van der Waals surface area contributed by atoms with Gasteiger partial charge in [0.25, 0.3) is 0 Å². The Labute approximate surface area is 151 Å². The molecule has 3 rings (SSSR count). The molecular formula is C19H20N4O3. The lowest BCUT2D eigenvalue weighted by atomic mass is 9.96. The predicted octanol–water partition coefficient (Wildman–Crippen LogP) is 2.87. The summed E-state index contributed by atoms with van der Waals surface area (Å²) in [7, 11) is 1.56. The second kappa shape index (κ2) is 7.69. The van der Waals surface area contributed by atoms with Gasteiger partial charge in [-0.3, -0.25) is 4.90 Å². The van der Waals surface area contributed by atoms with Gasteiger partial charge in [-0.25, -0.2) is 4.79 Å². The predicted molar refractivity (Wildman–Crippen MR) is 99.9 cm³/mol. The van der Waals surface area contributed by atoms with E-state index in [4.69, 9.17) is 10.5 Å². The van der Waals surface area contributed by atoms with Gasteiger partial charge in [0.05, 0.1) is 30.7 Å². The number of nitrogens with two attached hydrogens (primary N) is 1. The molecule has 0 bridgehead atoms. The lowest BCUT2D eigenvalue weighted by molar-refractivity contribution is -0.108. The monoisotopic (exact) mass is 352 g/mol. The Balaban J connectivity index is 2.02. The molecule has 7 heteroatoms. The van der Waals surface area contributed by atoms with Crippen molar-refractivity contribution in [2.75, 3.05) is 12.0 Å². The maximum Gasteiger partial charge on any atom is 0.323 e. The van der Waals surface area contributed by atoms with Gasteiger partial charge in [-0.2, -0.15) is 5.10 Å². The molecule has 0 radical (unpaired) electrons. The maximum atomic E-state index is 12.1. The molecule has 0 aliphatic carbocycles. The van der Waals surface area contributed by atoms with Crippen LogP contribution in [0.15, 0.2) is 47.6 Å². The molecule has 134 valence electrons. The molecule has 1 atom stereocenters. The van der Waals surface area contributed by atoms with Gasteiger partial charge in [0.15, 0.2) is 0 Å². The highest BCUT2D eigenvalue weighted by Crippen LogP contribution is 2.33. The van der Waals surface area contributed by atoms with Gasteiger partial charge < -0.3 is 20.7 Å². The molecule has 0 saturated carbocycles. The molecule has 0 spiro atoms. The fraction of sp³-hybridized carbons (Fsp3) is 0.211. The van der Waals surface area contributed by atoms with Gasteiger partial charge in [0.2, 0.25) is 0 Å². The number of urea groups is 1. The van der Waals surface area contributed by atoms with Gasteiger partial charge in [0, 0.05) is 12.5 Å². The van der Waals surface area contributed by atoms with Crippen molar-refractivity contribution in [2.45, 2.75) is 18.9 Å². The van der Waals surface area contributed by atoms with Crippen LogP contribution in [0, 0.1) is 0 Å². The van der Waals surface area contributed by atoms with E-state index in [9.17, 15) is 9.59 Å². The Morgan fingerprint density at radius 2 is 2.12 bits per heavy atom. The first kappa shape index (κ1) is 17.5. The van der Waals surface area contributed by atoms with Crippen molar-refractivity contribution in [1.29, 1.82) is 0 Å². The van der Waals surface area contributed by atoms with Gasteiger partial charge in [-0.1, -0.05) is 12.1 Å². The molecule has 1 heterocycles. The Morgan fingerprint density at radius 1 is 1.31 bits per heavy atom. The minimum absolute atomic E-state index is 0.0971. The number of methoxy groups -OCH3 is 1. The summed E-state index contributed by atoms with van der Waals surface area (Å²) in [5, 5.41) is 4.13. The number of nitrogens with zero attached hydrogens (tertiary/aromatic N) is 2. The lowest BCUT2D eigenvalue weighted by Gasteiger charge is -2.26. The summed E-state index contributed by atoms with van der Waals surface area (Å²) in [6.45, 7) is 0. The van der Waals surface area contributed by atoms with Crippen molar-refractivity contribution in [1.82, 2.24) is 5.43 Å². The summed E-state index contributed by atoms with van der Waals surface area (Å²) in [5.74, 6) is 0.629. The van der Waals surface area contributed by atoms with Gasteiger partial charge in [-0.05, 0) is 41.8 Å². The molecule has 1 aliphatic rings. The van der Waals surface area contributed by atoms with Crippen LogP contribution >= 0.6 is 0 Å². The summed E-state index contributed by atoms with van der Waals surface area (Å²) < 4.78 is 5.23. The summed E-state index contributed by atoms with van der Waals surface area (Å²) in [5.41, 5.74) is 11.8. The normalized spacial score (nSPS) is 14.9. The number of carbonyl (C=O) groups is 2. The molecule has 2 aromatic carbocycles. The average molecular weight is 352 g/mol. The van der Waals surface area contributed by atoms with Crippen LogP contribution in [0.4, 0.5) is 16.2 Å². The molecule has 3 N–H and O–H groups in total. The minimum Gasteiger partial charge on any atom is -0.497 e. The molecule has 2 aromatic rings. The van der Waals surface area contributed by atoms with Crippen LogP contribution in [0.5, 0.6) is 5.75 Å². The lowest BCUT2D eigenvalue weighted by Crippen LogP contribution is -2.32. The van der Waals surface area contributed by atoms with E-state index < -0.39 is 6.03 Å². The number of hydrazone groups is 1. The van der Waals surface area contributed by atoms with Crippen molar-refractivity contribution in [2.24, 2.45) is 10.8 Å². The highest BCUT2D eigenvalue weighted by Gasteiger charge is 2.22. The van der Waals surface area contributed by atoms with Crippen molar-refractivity contribution in [3.63, 3.8) is 0 Å². The maximum absolute atomic E-state index is 12.1. The zero-order chi connectivity index (χ0) is 18.5. The van der Waals surface area contributed by atoms with Crippen molar-refractivity contribution < 1.29 is 14.3 Å². The molecule has 0 saturated heterocycles. The van der Waals surface area contributed by atoms with Crippen LogP contribution in [0.2, 0.25) is 0 Å². The quantitative estimate of drug-likeness (QED) is 0.781. The minimum atomic E-state index is -0.597. The number of aldehydes is 1. The van der Waals surface area contributed by atoms with Crippen LogP contribution in [-0.2, 0) is 4.79 Å². The largest absolute Gasteiger partial charge is 0.497 e. The number of rotatable bonds is 6. The van der Waals surface area contributed by atoms with Gasteiger partial charge in [-0.15, -0.1) is 0 Å². The van der Waals surface area contributed by atoms with Crippen LogP contribution < -0.4 is 20.8 Å². The number of hydrogen-bond donors (Lipinski definition) is 2. The van der Waals surface area contributed by atoms with E-state index >= 15 is 0 Å². The van der Waals surface area contributed by atoms with E-state index in [-0.39, 0.29) is 6.04 Å². The molecule has 7 nitrogen and oxygen atoms in total. The van der Waals surface area contributed by atoms with E-state index in [0.717, 1.165) is 17.4 Å². The van der Waals surface area contributed by atoms with Crippen LogP contribution in [0.25, 0.3) is 0 Å². The average Bonchev–Trinajstić information content (AvgIpc) is 2.66. The van der Waals surface area contributed by atoms with Gasteiger partial charge >= 0.3 is 6.03 Å². The Bertz CT molecular complexity index is 850. The second-order valence-electron chi connectivity index (χ2n) is 5.87. The molecular weight excluding hydrogens is 332 g/mol. The smallest absolute Gasteiger partial charge is 0.323 e. The number of amides is 2. The number of anilines is 2. The van der Waals surface area contributed by atoms with Crippen molar-refractivity contribution >= 4 is 29.9 Å². The second-order valence-corrected chi connectivity index (χ2v) is 5.87. The fourth-order valence-electron chi connectivity index (χ4n) is 2.99. The third-order valence-electron chi connectivity index (χ3n) is 4.24. The number of benzene rings is 2. The topological polar surface area (TPSA) is 97.0 Å². The Kier molecular flexibility index (Phi) is 5.17. The standard InChI is InChI=1S/C19H20N4O3/c1-26-16-5-2-4-14(10-16)23(19(20)25)15-8-7-13-12-21-22-18(6-3-9-24)17(13)11-15/h2,4-5,7-12,18,22H,3,6H2,1H3,(H2,20,25). The van der Waals surface area contributed by atoms with Crippen molar-refractivity contribution in [3.05, 3.63) is 53.6 Å².